The molecule has 1 saturated heterocycles. The number of aryl methyl sites for hydroxylation is 3. The third-order valence-electron chi connectivity index (χ3n) is 5.17. The Morgan fingerprint density at radius 3 is 2.92 bits per heavy atom. The first-order valence-corrected chi connectivity index (χ1v) is 9.00. The van der Waals surface area contributed by atoms with Crippen molar-refractivity contribution in [2.45, 2.75) is 57.9 Å². The fourth-order valence-corrected chi connectivity index (χ4v) is 3.89. The van der Waals surface area contributed by atoms with E-state index in [2.05, 4.69) is 15.1 Å². The Labute approximate surface area is 145 Å². The molecule has 0 radical (unpaired) electrons. The largest absolute Gasteiger partial charge is 0.340 e. The summed E-state index contributed by atoms with van der Waals surface area (Å²) in [5.74, 6) is 0.768. The van der Waals surface area contributed by atoms with Gasteiger partial charge >= 0.3 is 0 Å². The van der Waals surface area contributed by atoms with Gasteiger partial charge in [0.1, 0.15) is 5.56 Å². The molecule has 1 atom stereocenters. The molecular formula is C18H22N4O3. The van der Waals surface area contributed by atoms with Crippen molar-refractivity contribution in [1.29, 1.82) is 0 Å². The quantitative estimate of drug-likeness (QED) is 0.846. The van der Waals surface area contributed by atoms with Gasteiger partial charge in [0, 0.05) is 19.2 Å². The number of aromatic amines is 1. The third-order valence-corrected chi connectivity index (χ3v) is 5.17. The van der Waals surface area contributed by atoms with E-state index < -0.39 is 0 Å². The van der Waals surface area contributed by atoms with Crippen LogP contribution in [0.4, 0.5) is 0 Å². The van der Waals surface area contributed by atoms with Crippen LogP contribution in [0, 0.1) is 6.92 Å². The molecule has 0 aromatic carbocycles. The van der Waals surface area contributed by atoms with Crippen LogP contribution in [-0.4, -0.2) is 32.5 Å². The summed E-state index contributed by atoms with van der Waals surface area (Å²) in [6.45, 7) is 2.34. The molecule has 132 valence electrons. The molecule has 1 fully saturated rings. The van der Waals surface area contributed by atoms with Gasteiger partial charge in [0.2, 0.25) is 5.89 Å². The molecule has 0 unspecified atom stereocenters. The van der Waals surface area contributed by atoms with Crippen LogP contribution >= 0.6 is 0 Å². The van der Waals surface area contributed by atoms with E-state index in [1.807, 2.05) is 0 Å². The normalized spacial score (nSPS) is 20.4. The highest BCUT2D eigenvalue weighted by Gasteiger charge is 2.35. The molecule has 0 saturated carbocycles. The predicted molar refractivity (Wildman–Crippen MR) is 90.4 cm³/mol. The van der Waals surface area contributed by atoms with E-state index in [0.29, 0.717) is 18.3 Å². The number of rotatable bonds is 2. The lowest BCUT2D eigenvalue weighted by Gasteiger charge is -2.22. The van der Waals surface area contributed by atoms with Crippen LogP contribution in [0.5, 0.6) is 0 Å². The van der Waals surface area contributed by atoms with Gasteiger partial charge in [0.15, 0.2) is 5.82 Å². The van der Waals surface area contributed by atoms with Crippen LogP contribution in [0.2, 0.25) is 0 Å². The number of likely N-dealkylation sites (tertiary alicyclic amines) is 1. The number of carbonyl (C=O) groups excluding carboxylic acids is 1. The topological polar surface area (TPSA) is 92.1 Å². The standard InChI is InChI=1S/C18H22N4O3/c1-11-19-16(21-25-11)15-8-5-9-22(15)18(24)13-10-12-6-3-2-4-7-14(12)20-17(13)23/h10,15H,2-9H2,1H3,(H,20,23)/t15-/m1/s1. The summed E-state index contributed by atoms with van der Waals surface area (Å²) in [6, 6.07) is 1.58. The van der Waals surface area contributed by atoms with Crippen molar-refractivity contribution >= 4 is 5.91 Å². The minimum absolute atomic E-state index is 0.219. The number of H-pyrrole nitrogens is 1. The van der Waals surface area contributed by atoms with Gasteiger partial charge in [-0.05, 0) is 50.2 Å². The average Bonchev–Trinajstić information content (AvgIpc) is 3.18. The first-order chi connectivity index (χ1) is 12.1. The molecule has 1 amide bonds. The highest BCUT2D eigenvalue weighted by atomic mass is 16.5. The number of pyridine rings is 1. The molecular weight excluding hydrogens is 320 g/mol. The third kappa shape index (κ3) is 2.99. The van der Waals surface area contributed by atoms with E-state index >= 15 is 0 Å². The predicted octanol–water partition coefficient (Wildman–Crippen LogP) is 2.31. The van der Waals surface area contributed by atoms with Gasteiger partial charge in [-0.1, -0.05) is 11.6 Å². The van der Waals surface area contributed by atoms with Crippen LogP contribution in [0.3, 0.4) is 0 Å². The first kappa shape index (κ1) is 16.1. The molecule has 2 aromatic heterocycles. The Balaban J connectivity index is 1.66. The number of amides is 1. The van der Waals surface area contributed by atoms with Crippen molar-refractivity contribution in [2.24, 2.45) is 0 Å². The van der Waals surface area contributed by atoms with E-state index in [4.69, 9.17) is 4.52 Å². The summed E-state index contributed by atoms with van der Waals surface area (Å²) in [5, 5.41) is 3.96. The van der Waals surface area contributed by atoms with Crippen LogP contribution < -0.4 is 5.56 Å². The fourth-order valence-electron chi connectivity index (χ4n) is 3.89. The van der Waals surface area contributed by atoms with Crippen molar-refractivity contribution in [3.63, 3.8) is 0 Å². The molecule has 1 aliphatic carbocycles. The minimum Gasteiger partial charge on any atom is -0.340 e. The lowest BCUT2D eigenvalue weighted by molar-refractivity contribution is 0.0726. The zero-order valence-corrected chi connectivity index (χ0v) is 14.4. The number of hydrogen-bond acceptors (Lipinski definition) is 5. The molecule has 4 rings (SSSR count). The fraction of sp³-hybridized carbons (Fsp3) is 0.556. The number of nitrogens with zero attached hydrogens (tertiary/aromatic N) is 3. The Bertz CT molecular complexity index is 854. The number of fused-ring (bicyclic) bond motifs is 1. The van der Waals surface area contributed by atoms with Gasteiger partial charge < -0.3 is 14.4 Å². The Morgan fingerprint density at radius 2 is 2.12 bits per heavy atom. The summed E-state index contributed by atoms with van der Waals surface area (Å²) in [7, 11) is 0. The molecule has 25 heavy (non-hydrogen) atoms. The minimum atomic E-state index is -0.291. The van der Waals surface area contributed by atoms with Crippen molar-refractivity contribution < 1.29 is 9.32 Å². The van der Waals surface area contributed by atoms with Crippen LogP contribution in [0.15, 0.2) is 15.4 Å². The maximum absolute atomic E-state index is 13.0. The number of hydrogen-bond donors (Lipinski definition) is 1. The maximum atomic E-state index is 13.0. The van der Waals surface area contributed by atoms with E-state index in [9.17, 15) is 9.59 Å². The second-order valence-corrected chi connectivity index (χ2v) is 6.90. The van der Waals surface area contributed by atoms with Crippen molar-refractivity contribution in [3.8, 4) is 0 Å². The molecule has 7 nitrogen and oxygen atoms in total. The summed E-state index contributed by atoms with van der Waals surface area (Å²) >= 11 is 0. The van der Waals surface area contributed by atoms with E-state index in [-0.39, 0.29) is 23.1 Å². The van der Waals surface area contributed by atoms with Crippen molar-refractivity contribution in [2.75, 3.05) is 6.54 Å². The first-order valence-electron chi connectivity index (χ1n) is 9.00. The SMILES string of the molecule is Cc1nc([C@H]2CCCN2C(=O)c2cc3c([nH]c2=O)CCCCC3)no1. The van der Waals surface area contributed by atoms with E-state index in [1.165, 1.54) is 0 Å². The highest BCUT2D eigenvalue weighted by Crippen LogP contribution is 2.31. The van der Waals surface area contributed by atoms with E-state index in [0.717, 1.165) is 56.2 Å². The molecule has 3 heterocycles. The highest BCUT2D eigenvalue weighted by molar-refractivity contribution is 5.94. The molecule has 1 aliphatic heterocycles. The van der Waals surface area contributed by atoms with Gasteiger partial charge in [-0.2, -0.15) is 4.98 Å². The summed E-state index contributed by atoms with van der Waals surface area (Å²) in [6.07, 6.45) is 6.79. The Morgan fingerprint density at radius 1 is 1.28 bits per heavy atom. The van der Waals surface area contributed by atoms with Gasteiger partial charge in [-0.25, -0.2) is 0 Å². The number of aromatic nitrogens is 3. The second-order valence-electron chi connectivity index (χ2n) is 6.90. The monoisotopic (exact) mass is 342 g/mol. The number of nitrogens with one attached hydrogen (secondary N) is 1. The van der Waals surface area contributed by atoms with Gasteiger partial charge in [0.25, 0.3) is 11.5 Å². The van der Waals surface area contributed by atoms with E-state index in [1.54, 1.807) is 17.9 Å². The molecule has 0 spiro atoms. The lowest BCUT2D eigenvalue weighted by Crippen LogP contribution is -2.35. The second kappa shape index (κ2) is 6.46. The van der Waals surface area contributed by atoms with Crippen LogP contribution in [0.1, 0.15) is 71.5 Å². The lowest BCUT2D eigenvalue weighted by atomic mass is 10.1. The molecule has 2 aromatic rings. The zero-order valence-electron chi connectivity index (χ0n) is 14.4. The molecule has 0 bridgehead atoms. The average molecular weight is 342 g/mol. The zero-order chi connectivity index (χ0) is 17.4. The summed E-state index contributed by atoms with van der Waals surface area (Å²) < 4.78 is 5.06. The number of carbonyl (C=O) groups is 1. The molecule has 7 heteroatoms. The Hall–Kier alpha value is -2.44. The van der Waals surface area contributed by atoms with Crippen molar-refractivity contribution in [1.82, 2.24) is 20.0 Å². The summed E-state index contributed by atoms with van der Waals surface area (Å²) in [4.78, 5) is 34.5. The Kier molecular flexibility index (Phi) is 4.15. The maximum Gasteiger partial charge on any atom is 0.261 e. The summed E-state index contributed by atoms with van der Waals surface area (Å²) in [5.41, 5.74) is 2.03. The van der Waals surface area contributed by atoms with Gasteiger partial charge in [-0.3, -0.25) is 9.59 Å². The van der Waals surface area contributed by atoms with Gasteiger partial charge in [-0.15, -0.1) is 0 Å². The van der Waals surface area contributed by atoms with Crippen LogP contribution in [0.25, 0.3) is 0 Å². The van der Waals surface area contributed by atoms with Crippen LogP contribution in [-0.2, 0) is 12.8 Å². The van der Waals surface area contributed by atoms with Gasteiger partial charge in [0.05, 0.1) is 6.04 Å². The molecule has 1 N–H and O–H groups in total. The molecule has 2 aliphatic rings. The van der Waals surface area contributed by atoms with Crippen molar-refractivity contribution in [3.05, 3.63) is 45.0 Å². The smallest absolute Gasteiger partial charge is 0.261 e.